The topological polar surface area (TPSA) is 95.3 Å². The summed E-state index contributed by atoms with van der Waals surface area (Å²) in [6.07, 6.45) is -0.813. The van der Waals surface area contributed by atoms with E-state index in [1.54, 1.807) is 45.0 Å². The first kappa shape index (κ1) is 22.9. The lowest BCUT2D eigenvalue weighted by atomic mass is 10.1. The number of hydrogen-bond donors (Lipinski definition) is 0. The summed E-state index contributed by atoms with van der Waals surface area (Å²) in [7, 11) is 0. The highest BCUT2D eigenvalue weighted by Gasteiger charge is 2.30. The maximum Gasteiger partial charge on any atom is 0.413 e. The summed E-state index contributed by atoms with van der Waals surface area (Å²) in [5.41, 5.74) is 0.651. The third-order valence-electron chi connectivity index (χ3n) is 4.56. The van der Waals surface area contributed by atoms with Crippen LogP contribution in [-0.4, -0.2) is 41.8 Å². The number of nitrogens with zero attached hydrogens (tertiary/aromatic N) is 1. The van der Waals surface area contributed by atoms with Crippen LogP contribution in [0, 0.1) is 0 Å². The highest BCUT2D eigenvalue weighted by molar-refractivity contribution is 5.92. The minimum absolute atomic E-state index is 0.000541. The van der Waals surface area contributed by atoms with Gasteiger partial charge in [0.05, 0.1) is 0 Å². The van der Waals surface area contributed by atoms with E-state index in [0.29, 0.717) is 5.58 Å². The number of hydrogen-bond acceptors (Lipinski definition) is 7. The van der Waals surface area contributed by atoms with Gasteiger partial charge in [-0.3, -0.25) is 9.69 Å². The molecule has 0 spiro atoms. The number of carbonyl (C=O) groups excluding carboxylic acids is 3. The molecule has 168 valence electrons. The van der Waals surface area contributed by atoms with Gasteiger partial charge in [0, 0.05) is 10.9 Å². The Kier molecular flexibility index (Phi) is 7.14. The molecule has 0 saturated carbocycles. The number of ether oxygens (including phenoxy) is 3. The van der Waals surface area contributed by atoms with Crippen molar-refractivity contribution in [2.45, 2.75) is 32.9 Å². The number of para-hydroxylation sites is 1. The summed E-state index contributed by atoms with van der Waals surface area (Å²) in [5, 5.41) is 0.754. The number of amides is 1. The molecule has 0 aliphatic rings. The van der Waals surface area contributed by atoms with Crippen LogP contribution in [0.3, 0.4) is 0 Å². The van der Waals surface area contributed by atoms with Crippen molar-refractivity contribution in [3.05, 3.63) is 72.0 Å². The van der Waals surface area contributed by atoms with E-state index < -0.39 is 30.4 Å². The molecule has 3 aromatic rings. The second-order valence-corrected chi connectivity index (χ2v) is 8.01. The molecular weight excluding hydrogens is 414 g/mol. The number of rotatable bonds is 7. The fourth-order valence-electron chi connectivity index (χ4n) is 2.85. The van der Waals surface area contributed by atoms with E-state index >= 15 is 0 Å². The molecule has 0 aliphatic heterocycles. The SMILES string of the molecule is CC(C)(C)N(CC(=O)OCc1ccccc1)C(=O)OCOC(=O)c1cc2ccccc2o1. The van der Waals surface area contributed by atoms with Gasteiger partial charge < -0.3 is 18.6 Å². The van der Waals surface area contributed by atoms with Crippen LogP contribution in [0.15, 0.2) is 65.1 Å². The second-order valence-electron chi connectivity index (χ2n) is 8.01. The predicted octanol–water partition coefficient (Wildman–Crippen LogP) is 4.53. The lowest BCUT2D eigenvalue weighted by molar-refractivity contribution is -0.147. The van der Waals surface area contributed by atoms with Crippen molar-refractivity contribution in [3.8, 4) is 0 Å². The Morgan fingerprint density at radius 2 is 1.59 bits per heavy atom. The van der Waals surface area contributed by atoms with Crippen molar-refractivity contribution < 1.29 is 33.0 Å². The van der Waals surface area contributed by atoms with E-state index in [4.69, 9.17) is 18.6 Å². The molecule has 0 radical (unpaired) electrons. The molecule has 3 rings (SSSR count). The Hall–Kier alpha value is -3.81. The quantitative estimate of drug-likeness (QED) is 0.394. The lowest BCUT2D eigenvalue weighted by Crippen LogP contribution is -2.49. The average Bonchev–Trinajstić information content (AvgIpc) is 3.20. The highest BCUT2D eigenvalue weighted by atomic mass is 16.7. The van der Waals surface area contributed by atoms with Crippen molar-refractivity contribution >= 4 is 29.0 Å². The summed E-state index contributed by atoms with van der Waals surface area (Å²) in [6, 6.07) is 17.9. The molecule has 2 aromatic carbocycles. The van der Waals surface area contributed by atoms with E-state index in [9.17, 15) is 14.4 Å². The number of carbonyl (C=O) groups is 3. The van der Waals surface area contributed by atoms with Crippen molar-refractivity contribution in [1.29, 1.82) is 0 Å². The number of furan rings is 1. The van der Waals surface area contributed by atoms with Gasteiger partial charge in [-0.1, -0.05) is 48.5 Å². The van der Waals surface area contributed by atoms with Gasteiger partial charge in [0.2, 0.25) is 12.6 Å². The van der Waals surface area contributed by atoms with Crippen molar-refractivity contribution in [1.82, 2.24) is 4.90 Å². The molecule has 8 nitrogen and oxygen atoms in total. The fourth-order valence-corrected chi connectivity index (χ4v) is 2.85. The maximum atomic E-state index is 12.5. The molecule has 0 bridgehead atoms. The molecule has 0 saturated heterocycles. The molecule has 1 aromatic heterocycles. The lowest BCUT2D eigenvalue weighted by Gasteiger charge is -2.33. The zero-order valence-electron chi connectivity index (χ0n) is 18.2. The van der Waals surface area contributed by atoms with Crippen LogP contribution in [0.5, 0.6) is 0 Å². The Morgan fingerprint density at radius 1 is 0.906 bits per heavy atom. The summed E-state index contributed by atoms with van der Waals surface area (Å²) in [5.74, 6) is -1.35. The molecule has 0 unspecified atom stereocenters. The Bertz CT molecular complexity index is 1050. The molecular formula is C24H25NO7. The smallest absolute Gasteiger partial charge is 0.413 e. The van der Waals surface area contributed by atoms with E-state index in [-0.39, 0.29) is 18.9 Å². The average molecular weight is 439 g/mol. The van der Waals surface area contributed by atoms with E-state index in [2.05, 4.69) is 0 Å². The van der Waals surface area contributed by atoms with Gasteiger partial charge in [0.15, 0.2) is 0 Å². The molecule has 0 aliphatic carbocycles. The van der Waals surface area contributed by atoms with Gasteiger partial charge >= 0.3 is 18.0 Å². The van der Waals surface area contributed by atoms with Crippen LogP contribution < -0.4 is 0 Å². The van der Waals surface area contributed by atoms with E-state index in [1.165, 1.54) is 4.90 Å². The predicted molar refractivity (Wildman–Crippen MR) is 116 cm³/mol. The van der Waals surface area contributed by atoms with Crippen LogP contribution >= 0.6 is 0 Å². The van der Waals surface area contributed by atoms with Gasteiger partial charge in [-0.25, -0.2) is 9.59 Å². The Balaban J connectivity index is 1.51. The maximum absolute atomic E-state index is 12.5. The first-order valence-electron chi connectivity index (χ1n) is 10.0. The van der Waals surface area contributed by atoms with E-state index in [1.807, 2.05) is 36.4 Å². The van der Waals surface area contributed by atoms with Crippen molar-refractivity contribution in [3.63, 3.8) is 0 Å². The third kappa shape index (κ3) is 6.10. The largest absolute Gasteiger partial charge is 0.459 e. The molecule has 0 fully saturated rings. The van der Waals surface area contributed by atoms with Crippen LogP contribution in [-0.2, 0) is 25.6 Å². The summed E-state index contributed by atoms with van der Waals surface area (Å²) >= 11 is 0. The third-order valence-corrected chi connectivity index (χ3v) is 4.56. The molecule has 1 amide bonds. The molecule has 32 heavy (non-hydrogen) atoms. The normalized spacial score (nSPS) is 11.1. The first-order chi connectivity index (χ1) is 15.2. The van der Waals surface area contributed by atoms with Gasteiger partial charge in [0.25, 0.3) is 0 Å². The zero-order chi connectivity index (χ0) is 23.1. The zero-order valence-corrected chi connectivity index (χ0v) is 18.2. The van der Waals surface area contributed by atoms with Crippen LogP contribution in [0.4, 0.5) is 4.79 Å². The minimum Gasteiger partial charge on any atom is -0.459 e. The van der Waals surface area contributed by atoms with Crippen LogP contribution in [0.1, 0.15) is 36.9 Å². The number of esters is 2. The monoisotopic (exact) mass is 439 g/mol. The van der Waals surface area contributed by atoms with Crippen molar-refractivity contribution in [2.75, 3.05) is 13.3 Å². The summed E-state index contributed by atoms with van der Waals surface area (Å²) in [4.78, 5) is 38.2. The summed E-state index contributed by atoms with van der Waals surface area (Å²) in [6.45, 7) is 4.41. The van der Waals surface area contributed by atoms with E-state index in [0.717, 1.165) is 10.9 Å². The Morgan fingerprint density at radius 3 is 2.28 bits per heavy atom. The Labute approximate surface area is 185 Å². The van der Waals surface area contributed by atoms with Crippen LogP contribution in [0.25, 0.3) is 11.0 Å². The second kappa shape index (κ2) is 10.00. The molecule has 0 N–H and O–H groups in total. The standard InChI is InChI=1S/C24H25NO7/c1-24(2,3)25(14-21(26)29-15-17-9-5-4-6-10-17)23(28)31-16-30-22(27)20-13-18-11-7-8-12-19(18)32-20/h4-13H,14-16H2,1-3H3. The number of fused-ring (bicyclic) bond motifs is 1. The summed E-state index contributed by atoms with van der Waals surface area (Å²) < 4.78 is 20.7. The molecule has 0 atom stereocenters. The fraction of sp³-hybridized carbons (Fsp3) is 0.292. The van der Waals surface area contributed by atoms with Gasteiger partial charge in [0.1, 0.15) is 18.7 Å². The molecule has 8 heteroatoms. The van der Waals surface area contributed by atoms with Gasteiger partial charge in [-0.2, -0.15) is 0 Å². The highest BCUT2D eigenvalue weighted by Crippen LogP contribution is 2.20. The molecule has 1 heterocycles. The minimum atomic E-state index is -0.813. The van der Waals surface area contributed by atoms with Crippen LogP contribution in [0.2, 0.25) is 0 Å². The first-order valence-corrected chi connectivity index (χ1v) is 10.0. The number of benzene rings is 2. The van der Waals surface area contributed by atoms with Gasteiger partial charge in [-0.15, -0.1) is 0 Å². The van der Waals surface area contributed by atoms with Crippen molar-refractivity contribution in [2.24, 2.45) is 0 Å². The van der Waals surface area contributed by atoms with Gasteiger partial charge in [-0.05, 0) is 38.5 Å².